The van der Waals surface area contributed by atoms with Crippen LogP contribution in [0.5, 0.6) is 0 Å². The second kappa shape index (κ2) is 8.08. The third-order valence-corrected chi connectivity index (χ3v) is 4.75. The number of carbonyl (C=O) groups is 2. The van der Waals surface area contributed by atoms with Crippen LogP contribution in [0.3, 0.4) is 0 Å². The van der Waals surface area contributed by atoms with Crippen molar-refractivity contribution in [1.82, 2.24) is 15.1 Å². The summed E-state index contributed by atoms with van der Waals surface area (Å²) in [7, 11) is 1.31. The van der Waals surface area contributed by atoms with E-state index >= 15 is 0 Å². The molecule has 3 rings (SSSR count). The number of nitrogens with zero attached hydrogens (tertiary/aromatic N) is 2. The van der Waals surface area contributed by atoms with Gasteiger partial charge in [0.1, 0.15) is 0 Å². The number of amides is 1. The molecule has 3 aromatic rings. The van der Waals surface area contributed by atoms with Crippen LogP contribution in [-0.2, 0) is 4.74 Å². The minimum atomic E-state index is -0.474. The summed E-state index contributed by atoms with van der Waals surface area (Å²) in [5.41, 5.74) is 4.77. The van der Waals surface area contributed by atoms with E-state index in [1.165, 1.54) is 13.2 Å². The largest absolute Gasteiger partial charge is 0.465 e. The van der Waals surface area contributed by atoms with Gasteiger partial charge in [-0.25, -0.2) is 9.48 Å². The van der Waals surface area contributed by atoms with E-state index in [0.29, 0.717) is 11.1 Å². The monoisotopic (exact) mass is 377 g/mol. The molecule has 1 unspecified atom stereocenters. The number of aryl methyl sites for hydroxylation is 1. The summed E-state index contributed by atoms with van der Waals surface area (Å²) >= 11 is 0. The van der Waals surface area contributed by atoms with Crippen LogP contribution in [0, 0.1) is 13.8 Å². The molecule has 6 heteroatoms. The average molecular weight is 377 g/mol. The van der Waals surface area contributed by atoms with Crippen LogP contribution < -0.4 is 5.32 Å². The number of hydrogen-bond acceptors (Lipinski definition) is 4. The molecule has 144 valence electrons. The van der Waals surface area contributed by atoms with Gasteiger partial charge in [0, 0.05) is 16.8 Å². The van der Waals surface area contributed by atoms with Crippen molar-refractivity contribution in [1.29, 1.82) is 0 Å². The van der Waals surface area contributed by atoms with Crippen molar-refractivity contribution in [2.24, 2.45) is 0 Å². The maximum absolute atomic E-state index is 12.6. The topological polar surface area (TPSA) is 73.2 Å². The van der Waals surface area contributed by atoms with Crippen molar-refractivity contribution < 1.29 is 14.3 Å². The molecule has 2 aromatic carbocycles. The number of hydrogen-bond donors (Lipinski definition) is 1. The van der Waals surface area contributed by atoms with Crippen LogP contribution in [0.15, 0.2) is 54.7 Å². The summed E-state index contributed by atoms with van der Waals surface area (Å²) < 4.78 is 6.59. The third kappa shape index (κ3) is 3.81. The van der Waals surface area contributed by atoms with Gasteiger partial charge in [0.15, 0.2) is 0 Å². The number of para-hydroxylation sites is 1. The third-order valence-electron chi connectivity index (χ3n) is 4.75. The molecule has 0 saturated heterocycles. The van der Waals surface area contributed by atoms with Crippen LogP contribution >= 0.6 is 0 Å². The van der Waals surface area contributed by atoms with Crippen molar-refractivity contribution in [3.63, 3.8) is 0 Å². The molecule has 0 aliphatic heterocycles. The molecular formula is C22H23N3O3. The average Bonchev–Trinajstić information content (AvgIpc) is 3.09. The highest BCUT2D eigenvalue weighted by molar-refractivity contribution is 5.98. The fourth-order valence-corrected chi connectivity index (χ4v) is 3.15. The van der Waals surface area contributed by atoms with E-state index in [0.717, 1.165) is 22.5 Å². The summed E-state index contributed by atoms with van der Waals surface area (Å²) in [4.78, 5) is 24.3. The fraction of sp³-hybridized carbons (Fsp3) is 0.227. The summed E-state index contributed by atoms with van der Waals surface area (Å²) in [6, 6.07) is 14.2. The first-order chi connectivity index (χ1) is 13.4. The summed E-state index contributed by atoms with van der Waals surface area (Å²) in [6.07, 6.45) is 1.78. The molecule has 0 aliphatic carbocycles. The predicted molar refractivity (Wildman–Crippen MR) is 107 cm³/mol. The zero-order valence-corrected chi connectivity index (χ0v) is 16.4. The molecule has 1 N–H and O–H groups in total. The van der Waals surface area contributed by atoms with Gasteiger partial charge < -0.3 is 10.1 Å². The molecule has 0 radical (unpaired) electrons. The maximum Gasteiger partial charge on any atom is 0.337 e. The zero-order chi connectivity index (χ0) is 20.3. The normalized spacial score (nSPS) is 11.7. The molecule has 0 fully saturated rings. The van der Waals surface area contributed by atoms with E-state index < -0.39 is 5.97 Å². The highest BCUT2D eigenvalue weighted by atomic mass is 16.5. The quantitative estimate of drug-likeness (QED) is 0.687. The van der Waals surface area contributed by atoms with Crippen molar-refractivity contribution in [3.05, 3.63) is 82.7 Å². The van der Waals surface area contributed by atoms with Gasteiger partial charge in [0.2, 0.25) is 0 Å². The van der Waals surface area contributed by atoms with Gasteiger partial charge in [0.25, 0.3) is 5.91 Å². The summed E-state index contributed by atoms with van der Waals surface area (Å²) in [5, 5.41) is 7.47. The summed E-state index contributed by atoms with van der Waals surface area (Å²) in [5.74, 6) is -0.737. The minimum absolute atomic E-state index is 0.243. The molecule has 0 bridgehead atoms. The van der Waals surface area contributed by atoms with Gasteiger partial charge in [-0.3, -0.25) is 4.79 Å². The van der Waals surface area contributed by atoms with Crippen molar-refractivity contribution in [3.8, 4) is 5.69 Å². The Bertz CT molecular complexity index is 1020. The Kier molecular flexibility index (Phi) is 5.59. The Labute approximate surface area is 164 Å². The molecule has 1 aromatic heterocycles. The minimum Gasteiger partial charge on any atom is -0.465 e. The molecule has 1 atom stereocenters. The van der Waals surface area contributed by atoms with Crippen LogP contribution in [0.25, 0.3) is 5.69 Å². The standard InChI is InChI=1S/C22H23N3O3/c1-14-8-5-6-11-20(14)25-16(3)19(13-23-25)15(2)24-21(26)17-9-7-10-18(12-17)22(27)28-4/h5-13,15H,1-4H3,(H,24,26). The Morgan fingerprint density at radius 2 is 1.79 bits per heavy atom. The van der Waals surface area contributed by atoms with Gasteiger partial charge in [-0.05, 0) is 50.6 Å². The highest BCUT2D eigenvalue weighted by Gasteiger charge is 2.18. The lowest BCUT2D eigenvalue weighted by molar-refractivity contribution is 0.0600. The van der Waals surface area contributed by atoms with Gasteiger partial charge >= 0.3 is 5.97 Å². The van der Waals surface area contributed by atoms with E-state index in [1.807, 2.05) is 49.7 Å². The first-order valence-electron chi connectivity index (χ1n) is 9.02. The molecule has 6 nitrogen and oxygen atoms in total. The summed E-state index contributed by atoms with van der Waals surface area (Å²) in [6.45, 7) is 5.93. The van der Waals surface area contributed by atoms with E-state index in [9.17, 15) is 9.59 Å². The lowest BCUT2D eigenvalue weighted by atomic mass is 10.1. The second-order valence-corrected chi connectivity index (χ2v) is 6.65. The van der Waals surface area contributed by atoms with E-state index in [2.05, 4.69) is 10.4 Å². The Morgan fingerprint density at radius 3 is 2.50 bits per heavy atom. The highest BCUT2D eigenvalue weighted by Crippen LogP contribution is 2.22. The molecule has 28 heavy (non-hydrogen) atoms. The van der Waals surface area contributed by atoms with E-state index in [1.54, 1.807) is 24.4 Å². The van der Waals surface area contributed by atoms with Gasteiger partial charge in [-0.15, -0.1) is 0 Å². The fourth-order valence-electron chi connectivity index (χ4n) is 3.15. The Hall–Kier alpha value is -3.41. The lowest BCUT2D eigenvalue weighted by Gasteiger charge is -2.15. The second-order valence-electron chi connectivity index (χ2n) is 6.65. The van der Waals surface area contributed by atoms with Gasteiger partial charge in [0.05, 0.1) is 30.6 Å². The molecule has 0 spiro atoms. The molecule has 0 saturated carbocycles. The predicted octanol–water partition coefficient (Wildman–Crippen LogP) is 3.77. The van der Waals surface area contributed by atoms with Gasteiger partial charge in [-0.2, -0.15) is 5.10 Å². The SMILES string of the molecule is COC(=O)c1cccc(C(=O)NC(C)c2cnn(-c3ccccc3C)c2C)c1. The smallest absolute Gasteiger partial charge is 0.337 e. The zero-order valence-electron chi connectivity index (χ0n) is 16.4. The first kappa shape index (κ1) is 19.4. The number of ether oxygens (including phenoxy) is 1. The molecular weight excluding hydrogens is 354 g/mol. The number of nitrogens with one attached hydrogen (secondary N) is 1. The number of rotatable bonds is 5. The number of esters is 1. The van der Waals surface area contributed by atoms with Crippen LogP contribution in [0.1, 0.15) is 50.5 Å². The molecule has 1 heterocycles. The van der Waals surface area contributed by atoms with Crippen LogP contribution in [0.4, 0.5) is 0 Å². The van der Waals surface area contributed by atoms with Gasteiger partial charge in [-0.1, -0.05) is 24.3 Å². The molecule has 1 amide bonds. The van der Waals surface area contributed by atoms with Crippen molar-refractivity contribution >= 4 is 11.9 Å². The first-order valence-corrected chi connectivity index (χ1v) is 9.02. The Balaban J connectivity index is 1.80. The maximum atomic E-state index is 12.6. The van der Waals surface area contributed by atoms with E-state index in [-0.39, 0.29) is 11.9 Å². The number of aromatic nitrogens is 2. The number of methoxy groups -OCH3 is 1. The number of carbonyl (C=O) groups excluding carboxylic acids is 2. The van der Waals surface area contributed by atoms with Crippen LogP contribution in [-0.4, -0.2) is 28.8 Å². The molecule has 0 aliphatic rings. The van der Waals surface area contributed by atoms with Crippen LogP contribution in [0.2, 0.25) is 0 Å². The van der Waals surface area contributed by atoms with Crippen molar-refractivity contribution in [2.45, 2.75) is 26.8 Å². The lowest BCUT2D eigenvalue weighted by Crippen LogP contribution is -2.27. The van der Waals surface area contributed by atoms with E-state index in [4.69, 9.17) is 4.74 Å². The Morgan fingerprint density at radius 1 is 1.07 bits per heavy atom. The number of benzene rings is 2. The van der Waals surface area contributed by atoms with Crippen molar-refractivity contribution in [2.75, 3.05) is 7.11 Å².